The number of thioether (sulfide) groups is 1. The number of hydrogen-bond donors (Lipinski definition) is 2. The number of rotatable bonds is 5. The summed E-state index contributed by atoms with van der Waals surface area (Å²) >= 11 is 3.44. The van der Waals surface area contributed by atoms with Crippen molar-refractivity contribution in [1.29, 1.82) is 0 Å². The molecule has 1 saturated heterocycles. The normalized spacial score (nSPS) is 18.6. The summed E-state index contributed by atoms with van der Waals surface area (Å²) in [6.45, 7) is 6.64. The Balaban J connectivity index is 2.30. The van der Waals surface area contributed by atoms with Crippen LogP contribution in [-0.4, -0.2) is 43.7 Å². The van der Waals surface area contributed by atoms with Crippen LogP contribution in [0.15, 0.2) is 0 Å². The van der Waals surface area contributed by atoms with Gasteiger partial charge in [-0.25, -0.2) is 0 Å². The Morgan fingerprint density at radius 3 is 2.90 bits per heavy atom. The quantitative estimate of drug-likeness (QED) is 0.868. The molecule has 1 fully saturated rings. The molecule has 1 aliphatic heterocycles. The monoisotopic (exact) mass is 329 g/mol. The van der Waals surface area contributed by atoms with Crippen LogP contribution in [-0.2, 0) is 0 Å². The smallest absolute Gasteiger partial charge is 0.263 e. The fourth-order valence-corrected chi connectivity index (χ4v) is 4.70. The van der Waals surface area contributed by atoms with Crippen molar-refractivity contribution in [3.8, 4) is 5.75 Å². The standard InChI is InChI=1S/C14H23N3O2S2/c1-4-9-8-17(6-7-20-9)14-11(19-3)10(15)12(21-14)13(18)16-5-2/h9H,4-8,15H2,1-3H3,(H,16,18). The molecule has 0 aliphatic carbocycles. The molecule has 1 aromatic heterocycles. The molecule has 2 rings (SSSR count). The Kier molecular flexibility index (Phi) is 5.64. The molecule has 0 aromatic carbocycles. The molecule has 1 aromatic rings. The van der Waals surface area contributed by atoms with Gasteiger partial charge in [-0.15, -0.1) is 11.3 Å². The first kappa shape index (κ1) is 16.3. The van der Waals surface area contributed by atoms with Crippen molar-refractivity contribution in [3.05, 3.63) is 4.88 Å². The van der Waals surface area contributed by atoms with Gasteiger partial charge < -0.3 is 20.7 Å². The first-order valence-electron chi connectivity index (χ1n) is 7.23. The Bertz CT molecular complexity index is 505. The van der Waals surface area contributed by atoms with E-state index in [2.05, 4.69) is 17.1 Å². The van der Waals surface area contributed by atoms with Crippen molar-refractivity contribution in [3.63, 3.8) is 0 Å². The number of amides is 1. The Labute approximate surface area is 134 Å². The number of nitrogens with one attached hydrogen (secondary N) is 1. The lowest BCUT2D eigenvalue weighted by molar-refractivity contribution is 0.0960. The van der Waals surface area contributed by atoms with E-state index in [1.54, 1.807) is 7.11 Å². The van der Waals surface area contributed by atoms with Crippen molar-refractivity contribution in [2.75, 3.05) is 43.1 Å². The van der Waals surface area contributed by atoms with Gasteiger partial charge >= 0.3 is 0 Å². The highest BCUT2D eigenvalue weighted by molar-refractivity contribution is 8.00. The Morgan fingerprint density at radius 1 is 1.52 bits per heavy atom. The number of carbonyl (C=O) groups is 1. The highest BCUT2D eigenvalue weighted by Gasteiger charge is 2.28. The van der Waals surface area contributed by atoms with Crippen molar-refractivity contribution in [1.82, 2.24) is 5.32 Å². The van der Waals surface area contributed by atoms with Crippen LogP contribution in [0.2, 0.25) is 0 Å². The molecule has 1 amide bonds. The highest BCUT2D eigenvalue weighted by atomic mass is 32.2. The minimum atomic E-state index is -0.122. The average Bonchev–Trinajstić information content (AvgIpc) is 2.84. The summed E-state index contributed by atoms with van der Waals surface area (Å²) in [5.41, 5.74) is 6.57. The molecular weight excluding hydrogens is 306 g/mol. The number of nitrogen functional groups attached to an aromatic ring is 1. The molecule has 21 heavy (non-hydrogen) atoms. The minimum Gasteiger partial charge on any atom is -0.492 e. The van der Waals surface area contributed by atoms with Crippen molar-refractivity contribution in [2.45, 2.75) is 25.5 Å². The lowest BCUT2D eigenvalue weighted by Gasteiger charge is -2.32. The maximum Gasteiger partial charge on any atom is 0.263 e. The maximum atomic E-state index is 12.1. The van der Waals surface area contributed by atoms with Crippen molar-refractivity contribution < 1.29 is 9.53 Å². The van der Waals surface area contributed by atoms with Crippen LogP contribution in [0.1, 0.15) is 29.9 Å². The van der Waals surface area contributed by atoms with Crippen LogP contribution in [0.5, 0.6) is 5.75 Å². The Morgan fingerprint density at radius 2 is 2.29 bits per heavy atom. The second-order valence-electron chi connectivity index (χ2n) is 4.89. The zero-order valence-electron chi connectivity index (χ0n) is 12.8. The van der Waals surface area contributed by atoms with Gasteiger partial charge in [-0.1, -0.05) is 6.92 Å². The summed E-state index contributed by atoms with van der Waals surface area (Å²) in [4.78, 5) is 14.9. The fraction of sp³-hybridized carbons (Fsp3) is 0.643. The van der Waals surface area contributed by atoms with Crippen LogP contribution in [0.3, 0.4) is 0 Å². The number of carbonyl (C=O) groups excluding carboxylic acids is 1. The molecule has 0 radical (unpaired) electrons. The zero-order chi connectivity index (χ0) is 15.4. The summed E-state index contributed by atoms with van der Waals surface area (Å²) in [5.74, 6) is 1.61. The molecule has 0 spiro atoms. The van der Waals surface area contributed by atoms with Gasteiger partial charge in [0.25, 0.3) is 5.91 Å². The molecule has 1 atom stereocenters. The maximum absolute atomic E-state index is 12.1. The molecule has 3 N–H and O–H groups in total. The first-order valence-corrected chi connectivity index (χ1v) is 9.09. The first-order chi connectivity index (χ1) is 10.1. The molecule has 118 valence electrons. The van der Waals surface area contributed by atoms with Gasteiger partial charge in [0.15, 0.2) is 5.75 Å². The van der Waals surface area contributed by atoms with Crippen LogP contribution in [0.4, 0.5) is 10.7 Å². The van der Waals surface area contributed by atoms with Gasteiger partial charge in [0.2, 0.25) is 0 Å². The van der Waals surface area contributed by atoms with Gasteiger partial charge in [0.05, 0.1) is 7.11 Å². The third kappa shape index (κ3) is 3.40. The topological polar surface area (TPSA) is 67.6 Å². The van der Waals surface area contributed by atoms with E-state index in [1.807, 2.05) is 18.7 Å². The summed E-state index contributed by atoms with van der Waals surface area (Å²) in [7, 11) is 1.61. The lowest BCUT2D eigenvalue weighted by Crippen LogP contribution is -2.37. The van der Waals surface area contributed by atoms with Gasteiger partial charge in [-0.3, -0.25) is 4.79 Å². The molecule has 2 heterocycles. The van der Waals surface area contributed by atoms with Gasteiger partial charge in [0, 0.05) is 30.6 Å². The number of nitrogens with two attached hydrogens (primary N) is 1. The second kappa shape index (κ2) is 7.26. The van der Waals surface area contributed by atoms with Crippen LogP contribution >= 0.6 is 23.1 Å². The molecule has 7 heteroatoms. The summed E-state index contributed by atoms with van der Waals surface area (Å²) < 4.78 is 5.46. The van der Waals surface area contributed by atoms with E-state index >= 15 is 0 Å². The number of methoxy groups -OCH3 is 1. The molecule has 0 bridgehead atoms. The van der Waals surface area contributed by atoms with Crippen molar-refractivity contribution >= 4 is 39.7 Å². The van der Waals surface area contributed by atoms with Gasteiger partial charge in [-0.05, 0) is 13.3 Å². The molecule has 1 unspecified atom stereocenters. The minimum absolute atomic E-state index is 0.122. The van der Waals surface area contributed by atoms with E-state index in [9.17, 15) is 4.79 Å². The second-order valence-corrected chi connectivity index (χ2v) is 7.30. The number of ether oxygens (including phenoxy) is 1. The van der Waals surface area contributed by atoms with E-state index < -0.39 is 0 Å². The fourth-order valence-electron chi connectivity index (χ4n) is 2.38. The summed E-state index contributed by atoms with van der Waals surface area (Å²) in [5, 5.41) is 4.41. The summed E-state index contributed by atoms with van der Waals surface area (Å²) in [6, 6.07) is 0. The molecular formula is C14H23N3O2S2. The third-order valence-electron chi connectivity index (χ3n) is 3.51. The summed E-state index contributed by atoms with van der Waals surface area (Å²) in [6.07, 6.45) is 1.15. The molecule has 1 aliphatic rings. The number of nitrogens with zero attached hydrogens (tertiary/aromatic N) is 1. The average molecular weight is 329 g/mol. The predicted molar refractivity (Wildman–Crippen MR) is 92.0 cm³/mol. The van der Waals surface area contributed by atoms with E-state index in [1.165, 1.54) is 11.3 Å². The van der Waals surface area contributed by atoms with E-state index in [4.69, 9.17) is 10.5 Å². The van der Waals surface area contributed by atoms with Crippen LogP contribution < -0.4 is 20.7 Å². The Hall–Kier alpha value is -1.08. The van der Waals surface area contributed by atoms with Crippen LogP contribution in [0, 0.1) is 0 Å². The number of anilines is 2. The largest absolute Gasteiger partial charge is 0.492 e. The van der Waals surface area contributed by atoms with E-state index in [-0.39, 0.29) is 5.91 Å². The number of hydrogen-bond acceptors (Lipinski definition) is 6. The molecule has 0 saturated carbocycles. The number of thiophene rings is 1. The predicted octanol–water partition coefficient (Wildman–Crippen LogP) is 2.42. The SMILES string of the molecule is CCNC(=O)c1sc(N2CCSC(CC)C2)c(OC)c1N. The third-order valence-corrected chi connectivity index (χ3v) is 6.13. The highest BCUT2D eigenvalue weighted by Crippen LogP contribution is 2.45. The lowest BCUT2D eigenvalue weighted by atomic mass is 10.3. The van der Waals surface area contributed by atoms with E-state index in [0.717, 1.165) is 30.3 Å². The van der Waals surface area contributed by atoms with Gasteiger partial charge in [-0.2, -0.15) is 11.8 Å². The van der Waals surface area contributed by atoms with Crippen molar-refractivity contribution in [2.24, 2.45) is 0 Å². The molecule has 5 nitrogen and oxygen atoms in total. The van der Waals surface area contributed by atoms with Gasteiger partial charge in [0.1, 0.15) is 15.6 Å². The van der Waals surface area contributed by atoms with E-state index in [0.29, 0.717) is 28.1 Å². The van der Waals surface area contributed by atoms with Crippen LogP contribution in [0.25, 0.3) is 0 Å². The zero-order valence-corrected chi connectivity index (χ0v) is 14.4.